The molecule has 0 unspecified atom stereocenters. The van der Waals surface area contributed by atoms with Crippen molar-refractivity contribution in [3.63, 3.8) is 0 Å². The lowest BCUT2D eigenvalue weighted by atomic mass is 10.5. The number of carboxylic acid groups (broad SMARTS) is 1. The summed E-state index contributed by atoms with van der Waals surface area (Å²) in [6.07, 6.45) is 3.80. The van der Waals surface area contributed by atoms with Gasteiger partial charge in [0, 0.05) is 24.7 Å². The second-order valence-corrected chi connectivity index (χ2v) is 3.55. The van der Waals surface area contributed by atoms with E-state index >= 15 is 0 Å². The fraction of sp³-hybridized carbons (Fsp3) is 0.500. The van der Waals surface area contributed by atoms with E-state index in [0.29, 0.717) is 5.75 Å². The van der Waals surface area contributed by atoms with Crippen LogP contribution in [0, 0.1) is 0 Å². The van der Waals surface area contributed by atoms with Crippen LogP contribution < -0.4 is 0 Å². The lowest BCUT2D eigenvalue weighted by Gasteiger charge is -2.01. The Kier molecular flexibility index (Phi) is 3.82. The van der Waals surface area contributed by atoms with Crippen LogP contribution in [-0.4, -0.2) is 26.4 Å². The van der Waals surface area contributed by atoms with Gasteiger partial charge in [0.1, 0.15) is 0 Å². The standard InChI is InChI=1S/C8H12N2O2S/c1-2-10-5-4-9-8(10)13-6-3-7(11)12/h4-5H,2-3,6H2,1H3,(H,11,12). The third kappa shape index (κ3) is 3.10. The molecule has 0 spiro atoms. The van der Waals surface area contributed by atoms with Crippen molar-refractivity contribution in [1.82, 2.24) is 9.55 Å². The monoisotopic (exact) mass is 200 g/mol. The maximum atomic E-state index is 10.2. The molecule has 0 saturated carbocycles. The molecule has 0 fully saturated rings. The van der Waals surface area contributed by atoms with Gasteiger partial charge >= 0.3 is 5.97 Å². The zero-order chi connectivity index (χ0) is 9.68. The quantitative estimate of drug-likeness (QED) is 0.731. The van der Waals surface area contributed by atoms with Crippen LogP contribution in [0.1, 0.15) is 13.3 Å². The number of hydrogen-bond acceptors (Lipinski definition) is 3. The Labute approximate surface area is 81.0 Å². The maximum absolute atomic E-state index is 10.2. The summed E-state index contributed by atoms with van der Waals surface area (Å²) in [5.74, 6) is -0.186. The fourth-order valence-electron chi connectivity index (χ4n) is 0.906. The Hall–Kier alpha value is -0.970. The Bertz CT molecular complexity index is 285. The molecule has 0 saturated heterocycles. The molecular weight excluding hydrogens is 188 g/mol. The number of aromatic nitrogens is 2. The van der Waals surface area contributed by atoms with Crippen LogP contribution >= 0.6 is 11.8 Å². The summed E-state index contributed by atoms with van der Waals surface area (Å²) in [5.41, 5.74) is 0. The Morgan fingerprint density at radius 1 is 1.77 bits per heavy atom. The van der Waals surface area contributed by atoms with Crippen molar-refractivity contribution in [3.8, 4) is 0 Å². The molecule has 0 aromatic carbocycles. The van der Waals surface area contributed by atoms with Crippen LogP contribution in [0.25, 0.3) is 0 Å². The van der Waals surface area contributed by atoms with E-state index in [9.17, 15) is 4.79 Å². The SMILES string of the molecule is CCn1ccnc1SCCC(=O)O. The molecular formula is C8H12N2O2S. The van der Waals surface area contributed by atoms with E-state index in [0.717, 1.165) is 11.7 Å². The highest BCUT2D eigenvalue weighted by molar-refractivity contribution is 7.99. The first-order valence-corrected chi connectivity index (χ1v) is 5.08. The maximum Gasteiger partial charge on any atom is 0.304 e. The van der Waals surface area contributed by atoms with Gasteiger partial charge in [-0.2, -0.15) is 0 Å². The number of carbonyl (C=O) groups is 1. The number of thioether (sulfide) groups is 1. The summed E-state index contributed by atoms with van der Waals surface area (Å²) >= 11 is 1.48. The number of aliphatic carboxylic acids is 1. The van der Waals surface area contributed by atoms with E-state index < -0.39 is 5.97 Å². The molecule has 0 atom stereocenters. The summed E-state index contributed by atoms with van der Waals surface area (Å²) in [7, 11) is 0. The molecule has 1 aromatic rings. The highest BCUT2D eigenvalue weighted by Crippen LogP contribution is 2.16. The molecule has 5 heteroatoms. The van der Waals surface area contributed by atoms with Crippen molar-refractivity contribution in [1.29, 1.82) is 0 Å². The van der Waals surface area contributed by atoms with E-state index in [4.69, 9.17) is 5.11 Å². The number of rotatable bonds is 5. The van der Waals surface area contributed by atoms with Crippen LogP contribution in [0.2, 0.25) is 0 Å². The molecule has 1 heterocycles. The Balaban J connectivity index is 2.40. The summed E-state index contributed by atoms with van der Waals surface area (Å²) in [4.78, 5) is 14.4. The van der Waals surface area contributed by atoms with Gasteiger partial charge in [-0.25, -0.2) is 4.98 Å². The van der Waals surface area contributed by atoms with Gasteiger partial charge in [0.2, 0.25) is 0 Å². The minimum atomic E-state index is -0.762. The lowest BCUT2D eigenvalue weighted by Crippen LogP contribution is -1.99. The minimum Gasteiger partial charge on any atom is -0.481 e. The zero-order valence-corrected chi connectivity index (χ0v) is 8.25. The van der Waals surface area contributed by atoms with Gasteiger partial charge in [0.15, 0.2) is 5.16 Å². The Morgan fingerprint density at radius 2 is 2.54 bits per heavy atom. The molecule has 72 valence electrons. The molecule has 1 aromatic heterocycles. The molecule has 0 bridgehead atoms. The fourth-order valence-corrected chi connectivity index (χ4v) is 1.86. The van der Waals surface area contributed by atoms with E-state index in [1.54, 1.807) is 6.20 Å². The van der Waals surface area contributed by atoms with Crippen LogP contribution in [-0.2, 0) is 11.3 Å². The van der Waals surface area contributed by atoms with Gasteiger partial charge < -0.3 is 9.67 Å². The highest BCUT2D eigenvalue weighted by Gasteiger charge is 2.03. The Morgan fingerprint density at radius 3 is 3.15 bits per heavy atom. The van der Waals surface area contributed by atoms with Crippen LogP contribution in [0.4, 0.5) is 0 Å². The van der Waals surface area contributed by atoms with Gasteiger partial charge in [0.05, 0.1) is 6.42 Å². The van der Waals surface area contributed by atoms with Gasteiger partial charge in [0.25, 0.3) is 0 Å². The second kappa shape index (κ2) is 4.91. The predicted molar refractivity (Wildman–Crippen MR) is 50.9 cm³/mol. The first kappa shape index (κ1) is 10.1. The van der Waals surface area contributed by atoms with Crippen LogP contribution in [0.3, 0.4) is 0 Å². The minimum absolute atomic E-state index is 0.182. The van der Waals surface area contributed by atoms with E-state index in [1.807, 2.05) is 17.7 Å². The molecule has 0 aliphatic carbocycles. The van der Waals surface area contributed by atoms with Crippen LogP contribution in [0.5, 0.6) is 0 Å². The number of carboxylic acids is 1. The highest BCUT2D eigenvalue weighted by atomic mass is 32.2. The van der Waals surface area contributed by atoms with Crippen molar-refractivity contribution in [2.24, 2.45) is 0 Å². The normalized spacial score (nSPS) is 10.2. The number of imidazole rings is 1. The van der Waals surface area contributed by atoms with E-state index in [2.05, 4.69) is 4.98 Å². The van der Waals surface area contributed by atoms with E-state index in [1.165, 1.54) is 11.8 Å². The summed E-state index contributed by atoms with van der Waals surface area (Å²) in [6, 6.07) is 0. The first-order valence-electron chi connectivity index (χ1n) is 4.09. The second-order valence-electron chi connectivity index (χ2n) is 2.49. The van der Waals surface area contributed by atoms with Crippen molar-refractivity contribution in [2.75, 3.05) is 5.75 Å². The largest absolute Gasteiger partial charge is 0.481 e. The van der Waals surface area contributed by atoms with Crippen LogP contribution in [0.15, 0.2) is 17.6 Å². The predicted octanol–water partition coefficient (Wildman–Crippen LogP) is 1.47. The average Bonchev–Trinajstić information content (AvgIpc) is 2.51. The number of aryl methyl sites for hydroxylation is 1. The smallest absolute Gasteiger partial charge is 0.304 e. The van der Waals surface area contributed by atoms with E-state index in [-0.39, 0.29) is 6.42 Å². The molecule has 0 amide bonds. The molecule has 1 N–H and O–H groups in total. The summed E-state index contributed by atoms with van der Waals surface area (Å²) in [5, 5.41) is 9.32. The molecule has 0 aliphatic rings. The third-order valence-electron chi connectivity index (χ3n) is 1.57. The van der Waals surface area contributed by atoms with Crippen molar-refractivity contribution >= 4 is 17.7 Å². The number of hydrogen-bond donors (Lipinski definition) is 1. The van der Waals surface area contributed by atoms with Crippen molar-refractivity contribution in [2.45, 2.75) is 25.0 Å². The topological polar surface area (TPSA) is 55.1 Å². The van der Waals surface area contributed by atoms with Gasteiger partial charge in [-0.05, 0) is 6.92 Å². The molecule has 4 nitrogen and oxygen atoms in total. The zero-order valence-electron chi connectivity index (χ0n) is 7.43. The molecule has 0 aliphatic heterocycles. The van der Waals surface area contributed by atoms with Gasteiger partial charge in [-0.3, -0.25) is 4.79 Å². The van der Waals surface area contributed by atoms with Gasteiger partial charge in [-0.1, -0.05) is 11.8 Å². The van der Waals surface area contributed by atoms with Crippen molar-refractivity contribution < 1.29 is 9.90 Å². The molecule has 13 heavy (non-hydrogen) atoms. The molecule has 1 rings (SSSR count). The first-order chi connectivity index (χ1) is 6.24. The van der Waals surface area contributed by atoms with Gasteiger partial charge in [-0.15, -0.1) is 0 Å². The third-order valence-corrected chi connectivity index (χ3v) is 2.57. The summed E-state index contributed by atoms with van der Waals surface area (Å²) < 4.78 is 1.99. The van der Waals surface area contributed by atoms with Crippen molar-refractivity contribution in [3.05, 3.63) is 12.4 Å². The molecule has 0 radical (unpaired) electrons. The lowest BCUT2D eigenvalue weighted by molar-refractivity contribution is -0.136. The summed E-state index contributed by atoms with van der Waals surface area (Å²) in [6.45, 7) is 2.90. The number of nitrogens with zero attached hydrogens (tertiary/aromatic N) is 2. The average molecular weight is 200 g/mol.